The first-order valence-corrected chi connectivity index (χ1v) is 8.58. The number of rotatable bonds is 5. The number of nitrogens with one attached hydrogen (secondary N) is 2. The van der Waals surface area contributed by atoms with Gasteiger partial charge in [0.25, 0.3) is 0 Å². The van der Waals surface area contributed by atoms with E-state index in [1.807, 2.05) is 42.6 Å². The minimum absolute atomic E-state index is 0.00404. The second-order valence-corrected chi connectivity index (χ2v) is 6.14. The van der Waals surface area contributed by atoms with Crippen LogP contribution in [0.15, 0.2) is 48.8 Å². The van der Waals surface area contributed by atoms with Crippen LogP contribution in [0, 0.1) is 5.92 Å². The van der Waals surface area contributed by atoms with Crippen LogP contribution in [-0.4, -0.2) is 46.3 Å². The van der Waals surface area contributed by atoms with Gasteiger partial charge >= 0.3 is 6.03 Å². The zero-order valence-electron chi connectivity index (χ0n) is 14.1. The quantitative estimate of drug-likeness (QED) is 0.872. The highest BCUT2D eigenvalue weighted by molar-refractivity contribution is 5.90. The van der Waals surface area contributed by atoms with Crippen molar-refractivity contribution in [3.05, 3.63) is 48.8 Å². The maximum Gasteiger partial charge on any atom is 0.321 e. The lowest BCUT2D eigenvalue weighted by atomic mass is 9.97. The Morgan fingerprint density at radius 1 is 1.20 bits per heavy atom. The molecule has 1 aliphatic rings. The summed E-state index contributed by atoms with van der Waals surface area (Å²) in [4.78, 5) is 26.4. The number of nitrogens with zero attached hydrogens (tertiary/aromatic N) is 3. The lowest BCUT2D eigenvalue weighted by Gasteiger charge is -2.32. The summed E-state index contributed by atoms with van der Waals surface area (Å²) in [7, 11) is 0. The molecule has 3 rings (SSSR count). The fourth-order valence-corrected chi connectivity index (χ4v) is 2.97. The van der Waals surface area contributed by atoms with Crippen LogP contribution in [0.3, 0.4) is 0 Å². The van der Waals surface area contributed by atoms with E-state index in [1.54, 1.807) is 15.8 Å². The summed E-state index contributed by atoms with van der Waals surface area (Å²) in [5.41, 5.74) is 0.762. The van der Waals surface area contributed by atoms with Gasteiger partial charge in [-0.3, -0.25) is 9.48 Å². The fraction of sp³-hybridized carbons (Fsp3) is 0.389. The molecule has 0 radical (unpaired) electrons. The molecule has 25 heavy (non-hydrogen) atoms. The number of amides is 3. The van der Waals surface area contributed by atoms with Crippen LogP contribution in [0.2, 0.25) is 0 Å². The molecule has 3 amide bonds. The van der Waals surface area contributed by atoms with Gasteiger partial charge in [0, 0.05) is 37.7 Å². The molecule has 1 aromatic carbocycles. The average molecular weight is 341 g/mol. The number of para-hydroxylation sites is 1. The third-order valence-electron chi connectivity index (χ3n) is 4.30. The Labute approximate surface area is 147 Å². The predicted molar refractivity (Wildman–Crippen MR) is 95.0 cm³/mol. The molecule has 1 atom stereocenters. The molecular weight excluding hydrogens is 318 g/mol. The Morgan fingerprint density at radius 3 is 2.80 bits per heavy atom. The Bertz CT molecular complexity index is 687. The number of hydrogen-bond acceptors (Lipinski definition) is 3. The molecule has 1 aliphatic heterocycles. The highest BCUT2D eigenvalue weighted by Gasteiger charge is 2.28. The van der Waals surface area contributed by atoms with Gasteiger partial charge in [-0.05, 0) is 31.0 Å². The summed E-state index contributed by atoms with van der Waals surface area (Å²) in [6, 6.07) is 11.1. The molecule has 7 nitrogen and oxygen atoms in total. The van der Waals surface area contributed by atoms with Crippen molar-refractivity contribution in [3.63, 3.8) is 0 Å². The number of carbonyl (C=O) groups excluding carboxylic acids is 2. The standard InChI is InChI=1S/C18H23N5O2/c24-17(19-10-13-23-12-5-9-20-23)15-6-4-11-22(14-15)18(25)21-16-7-2-1-3-8-16/h1-3,5,7-9,12,15H,4,6,10-11,13-14H2,(H,19,24)(H,21,25). The number of likely N-dealkylation sites (tertiary alicyclic amines) is 1. The molecule has 2 N–H and O–H groups in total. The number of piperidine rings is 1. The number of urea groups is 1. The van der Waals surface area contributed by atoms with Gasteiger partial charge in [0.05, 0.1) is 12.5 Å². The smallest absolute Gasteiger partial charge is 0.321 e. The van der Waals surface area contributed by atoms with E-state index in [0.29, 0.717) is 26.2 Å². The van der Waals surface area contributed by atoms with Crippen molar-refractivity contribution in [2.45, 2.75) is 19.4 Å². The van der Waals surface area contributed by atoms with Crippen LogP contribution in [0.25, 0.3) is 0 Å². The second-order valence-electron chi connectivity index (χ2n) is 6.14. The first kappa shape index (κ1) is 17.0. The van der Waals surface area contributed by atoms with E-state index >= 15 is 0 Å². The number of benzene rings is 1. The first-order valence-electron chi connectivity index (χ1n) is 8.58. The Morgan fingerprint density at radius 2 is 2.04 bits per heavy atom. The van der Waals surface area contributed by atoms with Gasteiger partial charge in [0.1, 0.15) is 0 Å². The van der Waals surface area contributed by atoms with Crippen LogP contribution in [0.5, 0.6) is 0 Å². The van der Waals surface area contributed by atoms with Crippen molar-refractivity contribution in [2.75, 3.05) is 25.0 Å². The van der Waals surface area contributed by atoms with Gasteiger partial charge in [-0.1, -0.05) is 18.2 Å². The number of anilines is 1. The van der Waals surface area contributed by atoms with Crippen molar-refractivity contribution in [1.29, 1.82) is 0 Å². The molecular formula is C18H23N5O2. The third kappa shape index (κ3) is 4.82. The van der Waals surface area contributed by atoms with Gasteiger partial charge in [-0.2, -0.15) is 5.10 Å². The van der Waals surface area contributed by atoms with E-state index in [-0.39, 0.29) is 17.9 Å². The Balaban J connectivity index is 1.46. The highest BCUT2D eigenvalue weighted by atomic mass is 16.2. The molecule has 1 unspecified atom stereocenters. The Hall–Kier alpha value is -2.83. The summed E-state index contributed by atoms with van der Waals surface area (Å²) in [6.45, 7) is 2.30. The van der Waals surface area contributed by atoms with Crippen molar-refractivity contribution in [2.24, 2.45) is 5.92 Å². The van der Waals surface area contributed by atoms with E-state index in [0.717, 1.165) is 18.5 Å². The summed E-state index contributed by atoms with van der Waals surface area (Å²) in [5.74, 6) is -0.155. The molecule has 2 aromatic rings. The van der Waals surface area contributed by atoms with Crippen molar-refractivity contribution >= 4 is 17.6 Å². The highest BCUT2D eigenvalue weighted by Crippen LogP contribution is 2.18. The summed E-state index contributed by atoms with van der Waals surface area (Å²) in [6.07, 6.45) is 5.22. The molecule has 132 valence electrons. The minimum Gasteiger partial charge on any atom is -0.354 e. The molecule has 0 aliphatic carbocycles. The van der Waals surface area contributed by atoms with Gasteiger partial charge in [0.15, 0.2) is 0 Å². The normalized spacial score (nSPS) is 17.1. The zero-order valence-corrected chi connectivity index (χ0v) is 14.1. The summed E-state index contributed by atoms with van der Waals surface area (Å²) >= 11 is 0. The van der Waals surface area contributed by atoms with Crippen LogP contribution in [-0.2, 0) is 11.3 Å². The van der Waals surface area contributed by atoms with E-state index < -0.39 is 0 Å². The largest absolute Gasteiger partial charge is 0.354 e. The van der Waals surface area contributed by atoms with Crippen LogP contribution in [0.4, 0.5) is 10.5 Å². The van der Waals surface area contributed by atoms with Crippen LogP contribution in [0.1, 0.15) is 12.8 Å². The van der Waals surface area contributed by atoms with E-state index in [1.165, 1.54) is 0 Å². The molecule has 0 spiro atoms. The van der Waals surface area contributed by atoms with Crippen molar-refractivity contribution in [1.82, 2.24) is 20.0 Å². The van der Waals surface area contributed by atoms with Crippen LogP contribution >= 0.6 is 0 Å². The summed E-state index contributed by atoms with van der Waals surface area (Å²) in [5, 5.41) is 9.92. The fourth-order valence-electron chi connectivity index (χ4n) is 2.97. The molecule has 0 saturated carbocycles. The average Bonchev–Trinajstić information content (AvgIpc) is 3.16. The molecule has 1 saturated heterocycles. The zero-order chi connectivity index (χ0) is 17.5. The topological polar surface area (TPSA) is 79.3 Å². The lowest BCUT2D eigenvalue weighted by Crippen LogP contribution is -2.47. The van der Waals surface area contributed by atoms with Crippen molar-refractivity contribution in [3.8, 4) is 0 Å². The molecule has 0 bridgehead atoms. The lowest BCUT2D eigenvalue weighted by molar-refractivity contribution is -0.126. The SMILES string of the molecule is O=C(NCCn1cccn1)C1CCCN(C(=O)Nc2ccccc2)C1. The minimum atomic E-state index is -0.159. The third-order valence-corrected chi connectivity index (χ3v) is 4.30. The van der Waals surface area contributed by atoms with Gasteiger partial charge in [-0.15, -0.1) is 0 Å². The van der Waals surface area contributed by atoms with Gasteiger partial charge in [-0.25, -0.2) is 4.79 Å². The molecule has 7 heteroatoms. The summed E-state index contributed by atoms with van der Waals surface area (Å²) < 4.78 is 1.78. The van der Waals surface area contributed by atoms with E-state index in [2.05, 4.69) is 15.7 Å². The first-order chi connectivity index (χ1) is 12.2. The number of hydrogen-bond donors (Lipinski definition) is 2. The number of carbonyl (C=O) groups is 2. The maximum absolute atomic E-state index is 12.4. The van der Waals surface area contributed by atoms with Crippen molar-refractivity contribution < 1.29 is 9.59 Å². The van der Waals surface area contributed by atoms with E-state index in [9.17, 15) is 9.59 Å². The second kappa shape index (κ2) is 8.32. The molecule has 2 heterocycles. The monoisotopic (exact) mass is 341 g/mol. The Kier molecular flexibility index (Phi) is 5.66. The molecule has 1 fully saturated rings. The molecule has 1 aromatic heterocycles. The maximum atomic E-state index is 12.4. The van der Waals surface area contributed by atoms with Gasteiger partial charge < -0.3 is 15.5 Å². The number of aromatic nitrogens is 2. The van der Waals surface area contributed by atoms with Crippen LogP contribution < -0.4 is 10.6 Å². The predicted octanol–water partition coefficient (Wildman–Crippen LogP) is 1.94. The van der Waals surface area contributed by atoms with E-state index in [4.69, 9.17) is 0 Å². The van der Waals surface area contributed by atoms with Gasteiger partial charge in [0.2, 0.25) is 5.91 Å².